The van der Waals surface area contributed by atoms with Crippen LogP contribution in [0.3, 0.4) is 0 Å². The molecule has 0 atom stereocenters. The Kier molecular flexibility index (Phi) is 7.00. The maximum absolute atomic E-state index is 12.0. The second-order valence-electron chi connectivity index (χ2n) is 5.63. The van der Waals surface area contributed by atoms with E-state index in [1.54, 1.807) is 29.6 Å². The Morgan fingerprint density at radius 1 is 1.07 bits per heavy atom. The smallest absolute Gasteiger partial charge is 0.358 e. The molecule has 1 heterocycles. The predicted octanol–water partition coefficient (Wildman–Crippen LogP) is 3.82. The molecule has 0 radical (unpaired) electrons. The Hall–Kier alpha value is -2.90. The van der Waals surface area contributed by atoms with Crippen molar-refractivity contribution in [3.8, 4) is 16.3 Å². The largest absolute Gasteiger partial charge is 0.492 e. The molecule has 0 aliphatic heterocycles. The molecule has 0 unspecified atom stereocenters. The zero-order valence-corrected chi connectivity index (χ0v) is 16.3. The van der Waals surface area contributed by atoms with Crippen molar-refractivity contribution in [1.29, 1.82) is 0 Å². The molecule has 3 rings (SSSR count). The van der Waals surface area contributed by atoms with Crippen LogP contribution >= 0.6 is 22.9 Å². The predicted molar refractivity (Wildman–Crippen MR) is 108 cm³/mol. The zero-order valence-electron chi connectivity index (χ0n) is 14.8. The maximum atomic E-state index is 12.0. The number of halogens is 1. The van der Waals surface area contributed by atoms with Gasteiger partial charge in [-0.3, -0.25) is 4.79 Å². The lowest BCUT2D eigenvalue weighted by Crippen LogP contribution is -2.32. The number of nitrogens with zero attached hydrogens (tertiary/aromatic N) is 1. The van der Waals surface area contributed by atoms with Crippen LogP contribution in [0.2, 0.25) is 5.02 Å². The van der Waals surface area contributed by atoms with E-state index in [4.69, 9.17) is 21.1 Å². The monoisotopic (exact) mass is 416 g/mol. The number of hydrogen-bond acceptors (Lipinski definition) is 6. The van der Waals surface area contributed by atoms with Crippen molar-refractivity contribution in [1.82, 2.24) is 10.3 Å². The van der Waals surface area contributed by atoms with Gasteiger partial charge in [0.25, 0.3) is 5.91 Å². The van der Waals surface area contributed by atoms with Gasteiger partial charge in [0.2, 0.25) is 0 Å². The van der Waals surface area contributed by atoms with E-state index in [2.05, 4.69) is 10.3 Å². The summed E-state index contributed by atoms with van der Waals surface area (Å²) in [5.74, 6) is -0.389. The summed E-state index contributed by atoms with van der Waals surface area (Å²) in [6, 6.07) is 16.4. The maximum Gasteiger partial charge on any atom is 0.358 e. The summed E-state index contributed by atoms with van der Waals surface area (Å²) in [4.78, 5) is 28.1. The van der Waals surface area contributed by atoms with E-state index in [1.807, 2.05) is 30.3 Å². The van der Waals surface area contributed by atoms with E-state index in [0.29, 0.717) is 10.8 Å². The summed E-state index contributed by atoms with van der Waals surface area (Å²) in [7, 11) is 0. The Labute approximate surface area is 171 Å². The fraction of sp³-hybridized carbons (Fsp3) is 0.150. The van der Waals surface area contributed by atoms with Crippen molar-refractivity contribution in [3.63, 3.8) is 0 Å². The van der Waals surface area contributed by atoms with Gasteiger partial charge in [-0.05, 0) is 24.3 Å². The molecule has 2 aromatic carbocycles. The number of thiazole rings is 1. The minimum atomic E-state index is -0.633. The van der Waals surface area contributed by atoms with Gasteiger partial charge in [-0.1, -0.05) is 41.9 Å². The van der Waals surface area contributed by atoms with Gasteiger partial charge in [-0.25, -0.2) is 9.78 Å². The molecule has 0 fully saturated rings. The van der Waals surface area contributed by atoms with Crippen molar-refractivity contribution < 1.29 is 19.1 Å². The molecule has 0 saturated carbocycles. The number of rotatable bonds is 8. The summed E-state index contributed by atoms with van der Waals surface area (Å²) >= 11 is 7.14. The lowest BCUT2D eigenvalue weighted by atomic mass is 10.2. The van der Waals surface area contributed by atoms with E-state index in [9.17, 15) is 9.59 Å². The third-order valence-corrected chi connectivity index (χ3v) is 4.72. The molecule has 0 saturated heterocycles. The second kappa shape index (κ2) is 9.87. The topological polar surface area (TPSA) is 77.5 Å². The van der Waals surface area contributed by atoms with Gasteiger partial charge in [-0.2, -0.15) is 0 Å². The molecule has 3 aromatic rings. The van der Waals surface area contributed by atoms with Gasteiger partial charge >= 0.3 is 5.97 Å². The number of carbonyl (C=O) groups is 2. The van der Waals surface area contributed by atoms with E-state index in [-0.39, 0.29) is 25.5 Å². The average Bonchev–Trinajstić information content (AvgIpc) is 3.22. The number of benzene rings is 2. The third kappa shape index (κ3) is 5.80. The molecule has 0 aliphatic rings. The van der Waals surface area contributed by atoms with Crippen LogP contribution in [0.25, 0.3) is 10.6 Å². The van der Waals surface area contributed by atoms with Gasteiger partial charge in [0, 0.05) is 16.0 Å². The quantitative estimate of drug-likeness (QED) is 0.446. The number of aromatic nitrogens is 1. The first-order valence-electron chi connectivity index (χ1n) is 8.45. The minimum absolute atomic E-state index is 0.183. The Bertz CT molecular complexity index is 929. The highest BCUT2D eigenvalue weighted by Gasteiger charge is 2.14. The Balaban J connectivity index is 1.38. The molecule has 8 heteroatoms. The number of amides is 1. The van der Waals surface area contributed by atoms with Crippen molar-refractivity contribution in [3.05, 3.63) is 70.7 Å². The average molecular weight is 417 g/mol. The first-order chi connectivity index (χ1) is 13.6. The van der Waals surface area contributed by atoms with Crippen LogP contribution in [0.15, 0.2) is 60.0 Å². The van der Waals surface area contributed by atoms with Crippen LogP contribution in [0.4, 0.5) is 0 Å². The van der Waals surface area contributed by atoms with Crippen LogP contribution in [0, 0.1) is 0 Å². The second-order valence-corrected chi connectivity index (χ2v) is 6.93. The highest BCUT2D eigenvalue weighted by molar-refractivity contribution is 7.13. The summed E-state index contributed by atoms with van der Waals surface area (Å²) in [5, 5.41) is 5.57. The summed E-state index contributed by atoms with van der Waals surface area (Å²) in [6.07, 6.45) is 0. The van der Waals surface area contributed by atoms with Crippen molar-refractivity contribution in [2.24, 2.45) is 0 Å². The first-order valence-corrected chi connectivity index (χ1v) is 9.71. The highest BCUT2D eigenvalue weighted by atomic mass is 35.5. The third-order valence-electron chi connectivity index (χ3n) is 3.58. The molecule has 0 spiro atoms. The van der Waals surface area contributed by atoms with Crippen molar-refractivity contribution in [2.45, 2.75) is 0 Å². The van der Waals surface area contributed by atoms with E-state index >= 15 is 0 Å². The minimum Gasteiger partial charge on any atom is -0.492 e. The molecular formula is C20H17ClN2O4S. The normalized spacial score (nSPS) is 10.3. The van der Waals surface area contributed by atoms with Gasteiger partial charge in [0.05, 0.1) is 6.54 Å². The van der Waals surface area contributed by atoms with Gasteiger partial charge in [0.1, 0.15) is 17.4 Å². The standard InChI is InChI=1S/C20H17ClN2O4S/c21-15-6-8-16(9-7-15)26-11-10-22-18(24)12-27-20(25)17-13-28-19(23-17)14-4-2-1-3-5-14/h1-9,13H,10-12H2,(H,22,24). The van der Waals surface area contributed by atoms with Crippen LogP contribution in [0.1, 0.15) is 10.5 Å². The van der Waals surface area contributed by atoms with Crippen molar-refractivity contribution in [2.75, 3.05) is 19.8 Å². The number of nitrogens with one attached hydrogen (secondary N) is 1. The van der Waals surface area contributed by atoms with Crippen LogP contribution < -0.4 is 10.1 Å². The molecule has 0 aliphatic carbocycles. The summed E-state index contributed by atoms with van der Waals surface area (Å²) in [6.45, 7) is 0.194. The van der Waals surface area contributed by atoms with Crippen molar-refractivity contribution >= 4 is 34.8 Å². The summed E-state index contributed by atoms with van der Waals surface area (Å²) < 4.78 is 10.5. The molecule has 6 nitrogen and oxygen atoms in total. The lowest BCUT2D eigenvalue weighted by molar-refractivity contribution is -0.124. The Morgan fingerprint density at radius 2 is 1.82 bits per heavy atom. The highest BCUT2D eigenvalue weighted by Crippen LogP contribution is 2.23. The van der Waals surface area contributed by atoms with Crippen LogP contribution in [-0.4, -0.2) is 36.6 Å². The number of esters is 1. The molecule has 1 N–H and O–H groups in total. The molecule has 1 aromatic heterocycles. The fourth-order valence-corrected chi connectivity index (χ4v) is 3.15. The van der Waals surface area contributed by atoms with Gasteiger partial charge < -0.3 is 14.8 Å². The molecule has 0 bridgehead atoms. The van der Waals surface area contributed by atoms with Crippen LogP contribution in [0.5, 0.6) is 5.75 Å². The molecule has 28 heavy (non-hydrogen) atoms. The number of ether oxygens (including phenoxy) is 2. The lowest BCUT2D eigenvalue weighted by Gasteiger charge is -2.08. The van der Waals surface area contributed by atoms with Gasteiger partial charge in [0.15, 0.2) is 12.3 Å². The fourth-order valence-electron chi connectivity index (χ4n) is 2.23. The summed E-state index contributed by atoms with van der Waals surface area (Å²) in [5.41, 5.74) is 1.10. The van der Waals surface area contributed by atoms with E-state index in [1.165, 1.54) is 11.3 Å². The Morgan fingerprint density at radius 3 is 2.57 bits per heavy atom. The number of carbonyl (C=O) groups excluding carboxylic acids is 2. The zero-order chi connectivity index (χ0) is 19.8. The SMILES string of the molecule is O=C(COC(=O)c1csc(-c2ccccc2)n1)NCCOc1ccc(Cl)cc1. The molecule has 144 valence electrons. The molecule has 1 amide bonds. The number of hydrogen-bond donors (Lipinski definition) is 1. The van der Waals surface area contributed by atoms with Crippen LogP contribution in [-0.2, 0) is 9.53 Å². The van der Waals surface area contributed by atoms with Gasteiger partial charge in [-0.15, -0.1) is 11.3 Å². The first kappa shape index (κ1) is 19.9. The van der Waals surface area contributed by atoms with E-state index < -0.39 is 11.9 Å². The van der Waals surface area contributed by atoms with E-state index in [0.717, 1.165) is 10.6 Å². The molecular weight excluding hydrogens is 400 g/mol.